The van der Waals surface area contributed by atoms with Gasteiger partial charge in [-0.15, -0.1) is 0 Å². The van der Waals surface area contributed by atoms with E-state index in [4.69, 9.17) is 9.15 Å². The highest BCUT2D eigenvalue weighted by Crippen LogP contribution is 2.30. The molecule has 5 nitrogen and oxygen atoms in total. The number of likely N-dealkylation sites (tertiary alicyclic amines) is 1. The lowest BCUT2D eigenvalue weighted by Crippen LogP contribution is -2.35. The summed E-state index contributed by atoms with van der Waals surface area (Å²) in [6, 6.07) is 15.3. The van der Waals surface area contributed by atoms with Crippen molar-refractivity contribution in [2.45, 2.75) is 26.2 Å². The Labute approximate surface area is 165 Å². The van der Waals surface area contributed by atoms with Crippen LogP contribution in [0.1, 0.15) is 36.5 Å². The Morgan fingerprint density at radius 3 is 2.57 bits per heavy atom. The second-order valence-corrected chi connectivity index (χ2v) is 6.89. The van der Waals surface area contributed by atoms with Crippen LogP contribution in [0.15, 0.2) is 59.1 Å². The van der Waals surface area contributed by atoms with E-state index in [0.29, 0.717) is 23.8 Å². The lowest BCUT2D eigenvalue weighted by Gasteiger charge is -2.27. The van der Waals surface area contributed by atoms with E-state index in [1.807, 2.05) is 60.4 Å². The summed E-state index contributed by atoms with van der Waals surface area (Å²) in [5.74, 6) is 2.00. The lowest BCUT2D eigenvalue weighted by molar-refractivity contribution is 0.0725. The molecule has 1 aromatic heterocycles. The average Bonchev–Trinajstić information content (AvgIpc) is 3.25. The minimum atomic E-state index is 0.0520. The van der Waals surface area contributed by atoms with Crippen LogP contribution in [0, 0.1) is 0 Å². The Morgan fingerprint density at radius 2 is 1.82 bits per heavy atom. The van der Waals surface area contributed by atoms with Crippen LogP contribution in [0.5, 0.6) is 5.75 Å². The summed E-state index contributed by atoms with van der Waals surface area (Å²) in [6.07, 6.45) is 5.02. The van der Waals surface area contributed by atoms with Crippen LogP contribution in [0.25, 0.3) is 22.8 Å². The molecular weight excluding hydrogens is 352 g/mol. The van der Waals surface area contributed by atoms with Crippen molar-refractivity contribution >= 4 is 5.91 Å². The maximum atomic E-state index is 13.0. The van der Waals surface area contributed by atoms with Gasteiger partial charge in [-0.3, -0.25) is 4.79 Å². The summed E-state index contributed by atoms with van der Waals surface area (Å²) in [7, 11) is 0. The molecule has 3 aromatic rings. The van der Waals surface area contributed by atoms with Gasteiger partial charge in [0, 0.05) is 24.2 Å². The molecule has 0 aliphatic carbocycles. The van der Waals surface area contributed by atoms with Crippen molar-refractivity contribution in [2.24, 2.45) is 0 Å². The van der Waals surface area contributed by atoms with Crippen LogP contribution >= 0.6 is 0 Å². The fourth-order valence-corrected chi connectivity index (χ4v) is 3.54. The van der Waals surface area contributed by atoms with Crippen LogP contribution < -0.4 is 4.74 Å². The quantitative estimate of drug-likeness (QED) is 0.626. The van der Waals surface area contributed by atoms with Crippen LogP contribution in [-0.4, -0.2) is 35.5 Å². The fraction of sp³-hybridized carbons (Fsp3) is 0.304. The van der Waals surface area contributed by atoms with Gasteiger partial charge in [-0.2, -0.15) is 0 Å². The summed E-state index contributed by atoms with van der Waals surface area (Å²) >= 11 is 0. The Kier molecular flexibility index (Phi) is 5.42. The van der Waals surface area contributed by atoms with Gasteiger partial charge in [-0.1, -0.05) is 12.1 Å². The van der Waals surface area contributed by atoms with Crippen molar-refractivity contribution in [2.75, 3.05) is 19.7 Å². The number of hydrogen-bond donors (Lipinski definition) is 0. The van der Waals surface area contributed by atoms with Crippen molar-refractivity contribution in [3.63, 3.8) is 0 Å². The Bertz CT molecular complexity index is 940. The standard InChI is InChI=1S/C23H24N2O3/c1-2-27-18-12-10-17(11-13-18)21-16-24-22(28-21)19-8-4-5-9-20(19)23(26)25-14-6-3-7-15-25/h4-5,8-13,16H,2-3,6-7,14-15H2,1H3. The number of hydrogen-bond acceptors (Lipinski definition) is 4. The molecule has 0 saturated carbocycles. The van der Waals surface area contributed by atoms with Crippen LogP contribution in [0.2, 0.25) is 0 Å². The molecule has 0 bridgehead atoms. The Balaban J connectivity index is 1.61. The third-order valence-corrected chi connectivity index (χ3v) is 4.99. The highest BCUT2D eigenvalue weighted by molar-refractivity contribution is 6.00. The molecule has 0 radical (unpaired) electrons. The zero-order chi connectivity index (χ0) is 19.3. The summed E-state index contributed by atoms with van der Waals surface area (Å²) < 4.78 is 11.5. The second kappa shape index (κ2) is 8.30. The number of rotatable bonds is 5. The van der Waals surface area contributed by atoms with Crippen molar-refractivity contribution in [1.29, 1.82) is 0 Å². The lowest BCUT2D eigenvalue weighted by atomic mass is 10.0. The molecule has 0 spiro atoms. The summed E-state index contributed by atoms with van der Waals surface area (Å²) in [5.41, 5.74) is 2.29. The monoisotopic (exact) mass is 376 g/mol. The van der Waals surface area contributed by atoms with Gasteiger partial charge in [0.1, 0.15) is 5.75 Å². The fourth-order valence-electron chi connectivity index (χ4n) is 3.54. The van der Waals surface area contributed by atoms with E-state index in [-0.39, 0.29) is 5.91 Å². The zero-order valence-electron chi connectivity index (χ0n) is 16.1. The van der Waals surface area contributed by atoms with E-state index in [9.17, 15) is 4.79 Å². The molecule has 144 valence electrons. The van der Waals surface area contributed by atoms with E-state index < -0.39 is 0 Å². The Hall–Kier alpha value is -3.08. The average molecular weight is 376 g/mol. The number of oxazole rings is 1. The van der Waals surface area contributed by atoms with Crippen molar-refractivity contribution in [3.05, 3.63) is 60.3 Å². The number of carbonyl (C=O) groups is 1. The van der Waals surface area contributed by atoms with E-state index >= 15 is 0 Å². The molecule has 1 fully saturated rings. The van der Waals surface area contributed by atoms with Gasteiger partial charge in [-0.05, 0) is 62.6 Å². The van der Waals surface area contributed by atoms with E-state index in [2.05, 4.69) is 4.98 Å². The predicted octanol–water partition coefficient (Wildman–Crippen LogP) is 5.03. The highest BCUT2D eigenvalue weighted by Gasteiger charge is 2.22. The van der Waals surface area contributed by atoms with Gasteiger partial charge < -0.3 is 14.1 Å². The SMILES string of the molecule is CCOc1ccc(-c2cnc(-c3ccccc3C(=O)N3CCCCC3)o2)cc1. The maximum absolute atomic E-state index is 13.0. The molecule has 28 heavy (non-hydrogen) atoms. The zero-order valence-corrected chi connectivity index (χ0v) is 16.1. The smallest absolute Gasteiger partial charge is 0.254 e. The normalized spacial score (nSPS) is 14.1. The third kappa shape index (κ3) is 3.79. The molecule has 4 rings (SSSR count). The van der Waals surface area contributed by atoms with Crippen LogP contribution in [0.3, 0.4) is 0 Å². The largest absolute Gasteiger partial charge is 0.494 e. The van der Waals surface area contributed by atoms with Crippen molar-refractivity contribution in [3.8, 4) is 28.5 Å². The molecule has 2 aromatic carbocycles. The first-order valence-corrected chi connectivity index (χ1v) is 9.84. The number of carbonyl (C=O) groups excluding carboxylic acids is 1. The van der Waals surface area contributed by atoms with Gasteiger partial charge in [0.05, 0.1) is 18.4 Å². The summed E-state index contributed by atoms with van der Waals surface area (Å²) in [6.45, 7) is 4.22. The van der Waals surface area contributed by atoms with E-state index in [1.165, 1.54) is 6.42 Å². The third-order valence-electron chi connectivity index (χ3n) is 4.99. The molecule has 0 unspecified atom stereocenters. The molecule has 0 atom stereocenters. The van der Waals surface area contributed by atoms with Gasteiger partial charge in [0.2, 0.25) is 5.89 Å². The second-order valence-electron chi connectivity index (χ2n) is 6.89. The van der Waals surface area contributed by atoms with E-state index in [1.54, 1.807) is 6.20 Å². The van der Waals surface area contributed by atoms with Crippen LogP contribution in [0.4, 0.5) is 0 Å². The number of ether oxygens (including phenoxy) is 1. The summed E-state index contributed by atoms with van der Waals surface area (Å²) in [4.78, 5) is 19.4. The molecule has 0 N–H and O–H groups in total. The number of piperidine rings is 1. The molecule has 2 heterocycles. The summed E-state index contributed by atoms with van der Waals surface area (Å²) in [5, 5.41) is 0. The Morgan fingerprint density at radius 1 is 1.07 bits per heavy atom. The topological polar surface area (TPSA) is 55.6 Å². The number of benzene rings is 2. The first kappa shape index (κ1) is 18.3. The first-order chi connectivity index (χ1) is 13.8. The number of nitrogens with zero attached hydrogens (tertiary/aromatic N) is 2. The van der Waals surface area contributed by atoms with Crippen LogP contribution in [-0.2, 0) is 0 Å². The molecule has 1 saturated heterocycles. The molecule has 1 amide bonds. The first-order valence-electron chi connectivity index (χ1n) is 9.84. The minimum absolute atomic E-state index is 0.0520. The van der Waals surface area contributed by atoms with Gasteiger partial charge in [0.15, 0.2) is 5.76 Å². The highest BCUT2D eigenvalue weighted by atomic mass is 16.5. The molecular formula is C23H24N2O3. The number of amides is 1. The van der Waals surface area contributed by atoms with Crippen molar-refractivity contribution < 1.29 is 13.9 Å². The van der Waals surface area contributed by atoms with Gasteiger partial charge in [0.25, 0.3) is 5.91 Å². The van der Waals surface area contributed by atoms with E-state index in [0.717, 1.165) is 42.8 Å². The van der Waals surface area contributed by atoms with Gasteiger partial charge >= 0.3 is 0 Å². The maximum Gasteiger partial charge on any atom is 0.254 e. The molecule has 1 aliphatic heterocycles. The predicted molar refractivity (Wildman–Crippen MR) is 108 cm³/mol. The number of aromatic nitrogens is 1. The van der Waals surface area contributed by atoms with Gasteiger partial charge in [-0.25, -0.2) is 4.98 Å². The van der Waals surface area contributed by atoms with Crippen molar-refractivity contribution in [1.82, 2.24) is 9.88 Å². The molecule has 1 aliphatic rings. The minimum Gasteiger partial charge on any atom is -0.494 e. The molecule has 5 heteroatoms.